The molecule has 0 radical (unpaired) electrons. The van der Waals surface area contributed by atoms with Crippen LogP contribution in [0.3, 0.4) is 0 Å². The van der Waals surface area contributed by atoms with E-state index >= 15 is 0 Å². The zero-order valence-corrected chi connectivity index (χ0v) is 49.5. The standard InChI is InChI=1S/C51H85N3O38/c1-12-26(65)32(71)35(74)47(81-12)89-41-25(54-15(4)62)46(86-21(10-59)39(41)88-48-36(75)33(72)28(67)18(7-56)83-48)90-43-34(73)29(68)22(82-44(43)77)11-80-45-24(53-14(3)61)31(70)38(20(9-58)85-45)87-49-37(76)42(30(69)19(8-57)84-49)92-51(50(78)79)5-16(63)23(52-13(2)60)40(91-51)27(66)17(64)6-55/h12,16-49,55-59,63-77H,5-11H2,1-4H3,(H,52,60)(H,53,61)(H,54,62)(H,78,79)/t12-,16-,17+,18+,19+,20+,21+,22+,23+,24+,25+,26+,27+,28-,29+,30-,31+,32+,33-,34-,35-,36+,37+,38+,39+,40+,41+,42-,43-,44-,45+,46-,47-,48-,49-,51-/m0/s1. The van der Waals surface area contributed by atoms with Crippen molar-refractivity contribution in [1.29, 1.82) is 0 Å². The van der Waals surface area contributed by atoms with Gasteiger partial charge >= 0.3 is 5.97 Å². The highest BCUT2D eigenvalue weighted by atomic mass is 16.8. The second-order valence-corrected chi connectivity index (χ2v) is 23.2. The maximum Gasteiger partial charge on any atom is 0.364 e. The fraction of sp³-hybridized carbons (Fsp3) is 0.922. The van der Waals surface area contributed by atoms with E-state index in [0.717, 1.165) is 20.8 Å². The molecule has 7 aliphatic rings. The Morgan fingerprint density at radius 1 is 0.467 bits per heavy atom. The molecule has 24 N–H and O–H groups in total. The van der Waals surface area contributed by atoms with Crippen molar-refractivity contribution in [3.8, 4) is 0 Å². The zero-order valence-electron chi connectivity index (χ0n) is 49.5. The van der Waals surface area contributed by atoms with Crippen LogP contribution in [-0.4, -0.2) is 391 Å². The minimum Gasteiger partial charge on any atom is -0.477 e. The number of rotatable bonds is 24. The highest BCUT2D eigenvalue weighted by Gasteiger charge is 2.62. The lowest BCUT2D eigenvalue weighted by atomic mass is 9.88. The Morgan fingerprint density at radius 3 is 1.50 bits per heavy atom. The number of carboxylic acid groups (broad SMARTS) is 1. The summed E-state index contributed by atoms with van der Waals surface area (Å²) >= 11 is 0. The van der Waals surface area contributed by atoms with Crippen LogP contribution in [0.2, 0.25) is 0 Å². The van der Waals surface area contributed by atoms with Crippen LogP contribution in [0.15, 0.2) is 0 Å². The molecule has 7 saturated heterocycles. The number of carbonyl (C=O) groups excluding carboxylic acids is 3. The van der Waals surface area contributed by atoms with Gasteiger partial charge in [-0.05, 0) is 6.92 Å². The first-order chi connectivity index (χ1) is 43.3. The predicted octanol–water partition coefficient (Wildman–Crippen LogP) is -15.6. The number of aliphatic hydroxyl groups is 20. The predicted molar refractivity (Wildman–Crippen MR) is 282 cm³/mol. The van der Waals surface area contributed by atoms with Crippen molar-refractivity contribution in [2.45, 2.75) is 254 Å². The summed E-state index contributed by atoms with van der Waals surface area (Å²) in [6.45, 7) is -2.13. The molecule has 0 bridgehead atoms. The van der Waals surface area contributed by atoms with Crippen LogP contribution in [0, 0.1) is 0 Å². The number of aliphatic hydroxyl groups excluding tert-OH is 20. The van der Waals surface area contributed by atoms with Gasteiger partial charge in [0, 0.05) is 27.2 Å². The van der Waals surface area contributed by atoms with Crippen molar-refractivity contribution in [2.24, 2.45) is 0 Å². The zero-order chi connectivity index (χ0) is 68.3. The largest absolute Gasteiger partial charge is 0.477 e. The van der Waals surface area contributed by atoms with E-state index in [1.54, 1.807) is 0 Å². The smallest absolute Gasteiger partial charge is 0.364 e. The van der Waals surface area contributed by atoms with Crippen LogP contribution in [0.5, 0.6) is 0 Å². The van der Waals surface area contributed by atoms with Crippen LogP contribution in [0.1, 0.15) is 34.1 Å². The van der Waals surface area contributed by atoms with E-state index in [-0.39, 0.29) is 0 Å². The molecule has 532 valence electrons. The van der Waals surface area contributed by atoms with Gasteiger partial charge in [0.2, 0.25) is 17.7 Å². The Balaban J connectivity index is 1.08. The van der Waals surface area contributed by atoms with Crippen molar-refractivity contribution in [1.82, 2.24) is 16.0 Å². The normalized spacial score (nSPS) is 47.6. The Kier molecular flexibility index (Phi) is 26.6. The Bertz CT molecular complexity index is 2400. The number of aliphatic carboxylic acids is 1. The summed E-state index contributed by atoms with van der Waals surface area (Å²) in [5.41, 5.74) is 0. The Morgan fingerprint density at radius 2 is 0.935 bits per heavy atom. The lowest BCUT2D eigenvalue weighted by Gasteiger charge is -2.51. The molecule has 0 aliphatic carbocycles. The third kappa shape index (κ3) is 16.4. The summed E-state index contributed by atoms with van der Waals surface area (Å²) in [6, 6.07) is -5.30. The molecule has 0 aromatic rings. The van der Waals surface area contributed by atoms with Gasteiger partial charge in [-0.25, -0.2) is 4.79 Å². The van der Waals surface area contributed by atoms with Crippen LogP contribution >= 0.6 is 0 Å². The maximum atomic E-state index is 13.0. The van der Waals surface area contributed by atoms with Crippen LogP contribution in [-0.2, 0) is 80.8 Å². The third-order valence-electron chi connectivity index (χ3n) is 16.7. The summed E-state index contributed by atoms with van der Waals surface area (Å²) in [4.78, 5) is 50.7. The van der Waals surface area contributed by atoms with Gasteiger partial charge in [0.15, 0.2) is 37.7 Å². The number of carbonyl (C=O) groups is 4. The van der Waals surface area contributed by atoms with Gasteiger partial charge in [0.05, 0.1) is 57.9 Å². The average molecular weight is 1350 g/mol. The summed E-state index contributed by atoms with van der Waals surface area (Å²) in [7, 11) is 0. The highest BCUT2D eigenvalue weighted by molar-refractivity contribution is 5.77. The number of hydrogen-bond acceptors (Lipinski definition) is 37. The van der Waals surface area contributed by atoms with Crippen molar-refractivity contribution < 1.29 is 188 Å². The first-order valence-electron chi connectivity index (χ1n) is 29.1. The van der Waals surface area contributed by atoms with Crippen molar-refractivity contribution >= 4 is 23.7 Å². The molecule has 0 saturated carbocycles. The lowest BCUT2D eigenvalue weighted by molar-refractivity contribution is -0.389. The summed E-state index contributed by atoms with van der Waals surface area (Å²) < 4.78 is 75.3. The van der Waals surface area contributed by atoms with Gasteiger partial charge in [-0.15, -0.1) is 0 Å². The molecule has 7 heterocycles. The molecule has 41 heteroatoms. The van der Waals surface area contributed by atoms with Crippen LogP contribution in [0.4, 0.5) is 0 Å². The molecular weight excluding hydrogens is 1260 g/mol. The number of hydrogen-bond donors (Lipinski definition) is 24. The first-order valence-corrected chi connectivity index (χ1v) is 29.1. The molecule has 7 aliphatic heterocycles. The van der Waals surface area contributed by atoms with E-state index in [4.69, 9.17) is 61.6 Å². The summed E-state index contributed by atoms with van der Waals surface area (Å²) in [5.74, 6) is -7.91. The SMILES string of the molecule is CC(=O)N[C@H]1[C@H](OC[C@H]2O[C@H](O)[C@@H](O[C@@H]3O[C@H](CO)[C@@H](O[C@@H]4O[C@H](CO)[C@H](O)[C@H](O)[C@H]4O)[C@H](O[C@@H]4O[C@@H](C)[C@@H](O)[C@@H](O)[C@@H]4O)[C@H]3NC(C)=O)[C@@H](O)[C@@H]2O)O[C@H](CO)[C@@H](O[C@@H]2O[C@H](CO)[C@H](O)[C@H](O[C@]3(C(=O)O)C[C@H](O)[C@@H](NC(C)=O)[C@H]([C@H](O)[C@H](O)CO)O3)[C@H]2O)[C@@H]1O. The van der Waals surface area contributed by atoms with Crippen molar-refractivity contribution in [2.75, 3.05) is 39.6 Å². The van der Waals surface area contributed by atoms with Gasteiger partial charge in [-0.3, -0.25) is 14.4 Å². The second kappa shape index (κ2) is 32.3. The van der Waals surface area contributed by atoms with Gasteiger partial charge in [0.1, 0.15) is 159 Å². The van der Waals surface area contributed by atoms with Crippen molar-refractivity contribution in [3.63, 3.8) is 0 Å². The fourth-order valence-electron chi connectivity index (χ4n) is 11.7. The number of carboxylic acids is 1. The highest BCUT2D eigenvalue weighted by Crippen LogP contribution is 2.40. The molecule has 0 aromatic carbocycles. The van der Waals surface area contributed by atoms with Gasteiger partial charge < -0.3 is 185 Å². The minimum atomic E-state index is -3.20. The van der Waals surface area contributed by atoms with E-state index < -0.39 is 290 Å². The molecule has 0 aromatic heterocycles. The van der Waals surface area contributed by atoms with E-state index in [1.165, 1.54) is 6.92 Å². The molecule has 0 spiro atoms. The monoisotopic (exact) mass is 1350 g/mol. The molecule has 3 amide bonds. The van der Waals surface area contributed by atoms with E-state index in [2.05, 4.69) is 16.0 Å². The van der Waals surface area contributed by atoms with Gasteiger partial charge in [-0.2, -0.15) is 0 Å². The molecule has 0 unspecified atom stereocenters. The van der Waals surface area contributed by atoms with Gasteiger partial charge in [-0.1, -0.05) is 0 Å². The molecule has 7 rings (SSSR count). The van der Waals surface area contributed by atoms with E-state index in [1.807, 2.05) is 0 Å². The minimum absolute atomic E-state index is 0.831. The third-order valence-corrected chi connectivity index (χ3v) is 16.7. The van der Waals surface area contributed by atoms with Crippen LogP contribution in [0.25, 0.3) is 0 Å². The van der Waals surface area contributed by atoms with E-state index in [0.29, 0.717) is 0 Å². The first kappa shape index (κ1) is 75.9. The quantitative estimate of drug-likeness (QED) is 0.0427. The molecule has 7 fully saturated rings. The van der Waals surface area contributed by atoms with E-state index in [9.17, 15) is 126 Å². The van der Waals surface area contributed by atoms with Crippen molar-refractivity contribution in [3.05, 3.63) is 0 Å². The fourth-order valence-corrected chi connectivity index (χ4v) is 11.7. The van der Waals surface area contributed by atoms with Crippen LogP contribution < -0.4 is 16.0 Å². The number of nitrogens with one attached hydrogen (secondary N) is 3. The number of ether oxygens (including phenoxy) is 13. The maximum absolute atomic E-state index is 13.0. The Hall–Kier alpha value is -3.44. The molecule has 92 heavy (non-hydrogen) atoms. The summed E-state index contributed by atoms with van der Waals surface area (Å²) in [5, 5.41) is 235. The average Bonchev–Trinajstić information content (AvgIpc) is 0.766. The Labute approximate surface area is 520 Å². The topological polar surface area (TPSA) is 649 Å². The molecule has 41 nitrogen and oxygen atoms in total. The van der Waals surface area contributed by atoms with Gasteiger partial charge in [0.25, 0.3) is 5.79 Å². The second-order valence-electron chi connectivity index (χ2n) is 23.2. The molecular formula is C51H85N3O38. The number of amides is 3. The molecule has 36 atom stereocenters. The lowest BCUT2D eigenvalue weighted by Crippen LogP contribution is -2.71. The summed E-state index contributed by atoms with van der Waals surface area (Å²) in [6.07, 6.45) is -65.1.